The molecule has 0 atom stereocenters. The van der Waals surface area contributed by atoms with E-state index in [1.54, 1.807) is 0 Å². The Hall–Kier alpha value is -3.00. The smallest absolute Gasteiger partial charge is 0.134 e. The fourth-order valence-electron chi connectivity index (χ4n) is 4.25. The fraction of sp³-hybridized carbons (Fsp3) is 0.333. The van der Waals surface area contributed by atoms with E-state index in [0.29, 0.717) is 0 Å². The summed E-state index contributed by atoms with van der Waals surface area (Å²) in [5, 5.41) is 0. The van der Waals surface area contributed by atoms with Crippen LogP contribution in [0, 0.1) is 0 Å². The van der Waals surface area contributed by atoms with Gasteiger partial charge in [0.2, 0.25) is 0 Å². The predicted molar refractivity (Wildman–Crippen MR) is 134 cm³/mol. The minimum absolute atomic E-state index is 0.939. The minimum atomic E-state index is 0.939. The van der Waals surface area contributed by atoms with E-state index in [1.165, 1.54) is 36.8 Å². The molecule has 0 radical (unpaired) electrons. The highest BCUT2D eigenvalue weighted by Gasteiger charge is 2.21. The molecule has 2 heteroatoms. The van der Waals surface area contributed by atoms with E-state index < -0.39 is 0 Å². The Labute approximate surface area is 192 Å². The van der Waals surface area contributed by atoms with Crippen LogP contribution in [0.1, 0.15) is 63.9 Å². The van der Waals surface area contributed by atoms with E-state index in [4.69, 9.17) is 8.83 Å². The Kier molecular flexibility index (Phi) is 7.66. The van der Waals surface area contributed by atoms with E-state index >= 15 is 0 Å². The topological polar surface area (TPSA) is 26.3 Å². The molecule has 0 saturated heterocycles. The SMILES string of the molecule is CCCCCc1oc(-c2ccccc2)cc1-c1cc(-c2ccccc2)oc1CCCCC. The maximum absolute atomic E-state index is 6.46. The van der Waals surface area contributed by atoms with Crippen LogP contribution in [0.25, 0.3) is 33.8 Å². The van der Waals surface area contributed by atoms with Crippen molar-refractivity contribution in [3.8, 4) is 33.8 Å². The van der Waals surface area contributed by atoms with Gasteiger partial charge in [-0.05, 0) is 25.0 Å². The highest BCUT2D eigenvalue weighted by Crippen LogP contribution is 2.39. The van der Waals surface area contributed by atoms with Crippen molar-refractivity contribution < 1.29 is 8.83 Å². The molecule has 0 N–H and O–H groups in total. The van der Waals surface area contributed by atoms with Crippen LogP contribution in [-0.2, 0) is 12.8 Å². The molecule has 0 amide bonds. The molecule has 2 heterocycles. The standard InChI is InChI=1S/C30H34O2/c1-3-5-9-19-27-25(21-29(31-27)23-15-11-7-12-16-23)26-22-30(24-17-13-8-14-18-24)32-28(26)20-10-6-4-2/h7-8,11-18,21-22H,3-6,9-10,19-20H2,1-2H3. The zero-order valence-corrected chi connectivity index (χ0v) is 19.4. The third-order valence-electron chi connectivity index (χ3n) is 6.04. The molecule has 166 valence electrons. The molecule has 4 aromatic rings. The number of hydrogen-bond acceptors (Lipinski definition) is 2. The van der Waals surface area contributed by atoms with Gasteiger partial charge in [-0.3, -0.25) is 0 Å². The zero-order chi connectivity index (χ0) is 22.2. The maximum atomic E-state index is 6.46. The second-order valence-electron chi connectivity index (χ2n) is 8.54. The van der Waals surface area contributed by atoms with Gasteiger partial charge < -0.3 is 8.83 Å². The van der Waals surface area contributed by atoms with Gasteiger partial charge in [-0.25, -0.2) is 0 Å². The molecule has 0 spiro atoms. The lowest BCUT2D eigenvalue weighted by molar-refractivity contribution is 0.504. The molecule has 0 saturated carbocycles. The second-order valence-corrected chi connectivity index (χ2v) is 8.54. The van der Waals surface area contributed by atoms with Crippen molar-refractivity contribution in [2.24, 2.45) is 0 Å². The molecular weight excluding hydrogens is 392 g/mol. The summed E-state index contributed by atoms with van der Waals surface area (Å²) in [6.07, 6.45) is 9.02. The summed E-state index contributed by atoms with van der Waals surface area (Å²) in [4.78, 5) is 0. The van der Waals surface area contributed by atoms with Crippen LogP contribution in [-0.4, -0.2) is 0 Å². The van der Waals surface area contributed by atoms with Crippen molar-refractivity contribution in [3.63, 3.8) is 0 Å². The van der Waals surface area contributed by atoms with Gasteiger partial charge in [0.25, 0.3) is 0 Å². The van der Waals surface area contributed by atoms with E-state index in [-0.39, 0.29) is 0 Å². The summed E-state index contributed by atoms with van der Waals surface area (Å²) in [5.41, 5.74) is 4.62. The Morgan fingerprint density at radius 3 is 1.31 bits per heavy atom. The van der Waals surface area contributed by atoms with Crippen LogP contribution < -0.4 is 0 Å². The molecule has 2 aromatic carbocycles. The molecule has 0 unspecified atom stereocenters. The summed E-state index contributed by atoms with van der Waals surface area (Å²) in [7, 11) is 0. The first-order valence-corrected chi connectivity index (χ1v) is 12.2. The quantitative estimate of drug-likeness (QED) is 0.223. The molecule has 0 bridgehead atoms. The third-order valence-corrected chi connectivity index (χ3v) is 6.04. The molecule has 32 heavy (non-hydrogen) atoms. The van der Waals surface area contributed by atoms with Crippen molar-refractivity contribution in [2.45, 2.75) is 65.2 Å². The van der Waals surface area contributed by atoms with Crippen LogP contribution in [0.4, 0.5) is 0 Å². The average molecular weight is 427 g/mol. The Morgan fingerprint density at radius 2 is 0.938 bits per heavy atom. The number of benzene rings is 2. The minimum Gasteiger partial charge on any atom is -0.460 e. The van der Waals surface area contributed by atoms with Gasteiger partial charge in [-0.1, -0.05) is 100 Å². The van der Waals surface area contributed by atoms with Crippen molar-refractivity contribution in [1.82, 2.24) is 0 Å². The molecule has 0 fully saturated rings. The first kappa shape index (κ1) is 22.2. The lowest BCUT2D eigenvalue weighted by atomic mass is 9.99. The van der Waals surface area contributed by atoms with E-state index in [2.05, 4.69) is 74.5 Å². The van der Waals surface area contributed by atoms with E-state index in [1.807, 2.05) is 12.1 Å². The highest BCUT2D eigenvalue weighted by atomic mass is 16.3. The number of furan rings is 2. The highest BCUT2D eigenvalue weighted by molar-refractivity contribution is 5.77. The number of unbranched alkanes of at least 4 members (excludes halogenated alkanes) is 4. The molecule has 0 aliphatic heterocycles. The summed E-state index contributed by atoms with van der Waals surface area (Å²) < 4.78 is 12.9. The first-order valence-electron chi connectivity index (χ1n) is 12.2. The summed E-state index contributed by atoms with van der Waals surface area (Å²) >= 11 is 0. The van der Waals surface area contributed by atoms with Crippen LogP contribution >= 0.6 is 0 Å². The summed E-state index contributed by atoms with van der Waals surface area (Å²) in [6, 6.07) is 25.3. The monoisotopic (exact) mass is 426 g/mol. The number of aryl methyl sites for hydroxylation is 2. The van der Waals surface area contributed by atoms with Crippen LogP contribution in [0.2, 0.25) is 0 Å². The summed E-state index contributed by atoms with van der Waals surface area (Å²) in [5.74, 6) is 4.03. The number of hydrogen-bond donors (Lipinski definition) is 0. The third kappa shape index (κ3) is 5.24. The summed E-state index contributed by atoms with van der Waals surface area (Å²) in [6.45, 7) is 4.49. The Balaban J connectivity index is 1.77. The average Bonchev–Trinajstić information content (AvgIpc) is 3.45. The van der Waals surface area contributed by atoms with Crippen molar-refractivity contribution >= 4 is 0 Å². The van der Waals surface area contributed by atoms with Crippen LogP contribution in [0.3, 0.4) is 0 Å². The maximum Gasteiger partial charge on any atom is 0.134 e. The van der Waals surface area contributed by atoms with Crippen LogP contribution in [0.5, 0.6) is 0 Å². The molecular formula is C30H34O2. The van der Waals surface area contributed by atoms with Gasteiger partial charge in [0.05, 0.1) is 0 Å². The molecule has 2 nitrogen and oxygen atoms in total. The van der Waals surface area contributed by atoms with Gasteiger partial charge in [-0.15, -0.1) is 0 Å². The van der Waals surface area contributed by atoms with Crippen molar-refractivity contribution in [3.05, 3.63) is 84.3 Å². The predicted octanol–water partition coefficient (Wildman–Crippen LogP) is 9.34. The van der Waals surface area contributed by atoms with Gasteiger partial charge in [0.1, 0.15) is 23.0 Å². The largest absolute Gasteiger partial charge is 0.460 e. The Morgan fingerprint density at radius 1 is 0.531 bits per heavy atom. The molecule has 0 aliphatic carbocycles. The van der Waals surface area contributed by atoms with Crippen molar-refractivity contribution in [2.75, 3.05) is 0 Å². The zero-order valence-electron chi connectivity index (χ0n) is 19.4. The number of rotatable bonds is 11. The lowest BCUT2D eigenvalue weighted by Crippen LogP contribution is -1.90. The van der Waals surface area contributed by atoms with Gasteiger partial charge >= 0.3 is 0 Å². The first-order chi connectivity index (χ1) is 15.8. The molecule has 4 rings (SSSR count). The Bertz CT molecular complexity index is 997. The normalized spacial score (nSPS) is 11.2. The lowest BCUT2D eigenvalue weighted by Gasteiger charge is -2.04. The molecule has 0 aliphatic rings. The van der Waals surface area contributed by atoms with E-state index in [9.17, 15) is 0 Å². The van der Waals surface area contributed by atoms with Gasteiger partial charge in [0, 0.05) is 35.1 Å². The second kappa shape index (κ2) is 11.0. The van der Waals surface area contributed by atoms with Gasteiger partial charge in [0.15, 0.2) is 0 Å². The van der Waals surface area contributed by atoms with Gasteiger partial charge in [-0.2, -0.15) is 0 Å². The molecule has 2 aromatic heterocycles. The fourth-order valence-corrected chi connectivity index (χ4v) is 4.25. The van der Waals surface area contributed by atoms with E-state index in [0.717, 1.165) is 59.9 Å². The van der Waals surface area contributed by atoms with Crippen molar-refractivity contribution in [1.29, 1.82) is 0 Å². The van der Waals surface area contributed by atoms with Crippen LogP contribution in [0.15, 0.2) is 81.6 Å².